The van der Waals surface area contributed by atoms with E-state index in [0.717, 1.165) is 30.2 Å². The summed E-state index contributed by atoms with van der Waals surface area (Å²) >= 11 is 0. The maximum absolute atomic E-state index is 9.54. The summed E-state index contributed by atoms with van der Waals surface area (Å²) in [5.74, 6) is 1.54. The van der Waals surface area contributed by atoms with E-state index < -0.39 is 0 Å². The summed E-state index contributed by atoms with van der Waals surface area (Å²) in [7, 11) is 0. The van der Waals surface area contributed by atoms with E-state index >= 15 is 0 Å². The molecule has 1 atom stereocenters. The second kappa shape index (κ2) is 5.66. The van der Waals surface area contributed by atoms with Crippen molar-refractivity contribution in [1.29, 1.82) is 0 Å². The predicted molar refractivity (Wildman–Crippen MR) is 60.9 cm³/mol. The number of hydrogen-bond acceptors (Lipinski definition) is 4. The number of rotatable bonds is 5. The minimum atomic E-state index is -0.300. The van der Waals surface area contributed by atoms with Crippen LogP contribution in [0, 0.1) is 13.8 Å². The largest absolute Gasteiger partial charge is 0.391 e. The van der Waals surface area contributed by atoms with Crippen molar-refractivity contribution in [3.63, 3.8) is 0 Å². The van der Waals surface area contributed by atoms with E-state index in [-0.39, 0.29) is 6.10 Å². The van der Waals surface area contributed by atoms with E-state index in [9.17, 15) is 5.11 Å². The van der Waals surface area contributed by atoms with Gasteiger partial charge in [0.25, 0.3) is 0 Å². The van der Waals surface area contributed by atoms with Crippen LogP contribution >= 0.6 is 0 Å². The van der Waals surface area contributed by atoms with Gasteiger partial charge in [-0.3, -0.25) is 0 Å². The molecule has 15 heavy (non-hydrogen) atoms. The van der Waals surface area contributed by atoms with Crippen molar-refractivity contribution in [2.45, 2.75) is 39.7 Å². The van der Waals surface area contributed by atoms with Crippen LogP contribution in [0.15, 0.2) is 6.07 Å². The number of aryl methyl sites for hydroxylation is 2. The summed E-state index contributed by atoms with van der Waals surface area (Å²) in [6.07, 6.45) is 1.51. The molecule has 0 radical (unpaired) electrons. The van der Waals surface area contributed by atoms with E-state index in [1.807, 2.05) is 19.9 Å². The third-order valence-corrected chi connectivity index (χ3v) is 2.11. The molecular formula is C11H19N3O. The first-order valence-electron chi connectivity index (χ1n) is 5.36. The first-order chi connectivity index (χ1) is 7.11. The van der Waals surface area contributed by atoms with Crippen LogP contribution in [0.5, 0.6) is 0 Å². The zero-order valence-electron chi connectivity index (χ0n) is 9.62. The Morgan fingerprint density at radius 2 is 2.13 bits per heavy atom. The van der Waals surface area contributed by atoms with Crippen molar-refractivity contribution in [3.05, 3.63) is 17.6 Å². The van der Waals surface area contributed by atoms with Gasteiger partial charge in [0.15, 0.2) is 0 Å². The van der Waals surface area contributed by atoms with Crippen molar-refractivity contribution in [2.24, 2.45) is 0 Å². The van der Waals surface area contributed by atoms with E-state index in [0.29, 0.717) is 6.54 Å². The Labute approximate surface area is 90.8 Å². The maximum Gasteiger partial charge on any atom is 0.130 e. The first kappa shape index (κ1) is 11.9. The number of aliphatic hydroxyl groups excluding tert-OH is 1. The third kappa shape index (κ3) is 4.25. The molecule has 1 aromatic heterocycles. The van der Waals surface area contributed by atoms with Crippen LogP contribution in [0.1, 0.15) is 31.3 Å². The molecule has 2 N–H and O–H groups in total. The van der Waals surface area contributed by atoms with E-state index in [1.165, 1.54) is 0 Å². The fourth-order valence-electron chi connectivity index (χ4n) is 1.47. The summed E-state index contributed by atoms with van der Waals surface area (Å²) in [5, 5.41) is 12.7. The van der Waals surface area contributed by atoms with Crippen molar-refractivity contribution < 1.29 is 5.11 Å². The van der Waals surface area contributed by atoms with Gasteiger partial charge in [-0.2, -0.15) is 0 Å². The Kier molecular flexibility index (Phi) is 4.49. The van der Waals surface area contributed by atoms with Crippen LogP contribution in [0.2, 0.25) is 0 Å². The molecule has 0 saturated carbocycles. The van der Waals surface area contributed by atoms with E-state index in [2.05, 4.69) is 22.2 Å². The van der Waals surface area contributed by atoms with Gasteiger partial charge in [-0.15, -0.1) is 0 Å². The lowest BCUT2D eigenvalue weighted by Gasteiger charge is -2.11. The van der Waals surface area contributed by atoms with Crippen LogP contribution in [0.4, 0.5) is 5.82 Å². The van der Waals surface area contributed by atoms with Gasteiger partial charge in [0.2, 0.25) is 0 Å². The zero-order chi connectivity index (χ0) is 11.3. The number of aromatic nitrogens is 2. The second-order valence-electron chi connectivity index (χ2n) is 3.77. The molecule has 4 heteroatoms. The first-order valence-corrected chi connectivity index (χ1v) is 5.36. The highest BCUT2D eigenvalue weighted by atomic mass is 16.3. The molecular weight excluding hydrogens is 190 g/mol. The van der Waals surface area contributed by atoms with Crippen molar-refractivity contribution >= 4 is 5.82 Å². The molecule has 1 heterocycles. The van der Waals surface area contributed by atoms with Crippen LogP contribution in [0.25, 0.3) is 0 Å². The lowest BCUT2D eigenvalue weighted by atomic mass is 10.2. The number of nitrogens with one attached hydrogen (secondary N) is 1. The Hall–Kier alpha value is -1.16. The van der Waals surface area contributed by atoms with Crippen LogP contribution < -0.4 is 5.32 Å². The monoisotopic (exact) mass is 209 g/mol. The third-order valence-electron chi connectivity index (χ3n) is 2.11. The van der Waals surface area contributed by atoms with Gasteiger partial charge in [-0.1, -0.05) is 13.3 Å². The molecule has 0 saturated heterocycles. The van der Waals surface area contributed by atoms with Gasteiger partial charge in [-0.25, -0.2) is 9.97 Å². The fourth-order valence-corrected chi connectivity index (χ4v) is 1.47. The van der Waals surface area contributed by atoms with Gasteiger partial charge in [0, 0.05) is 18.3 Å². The van der Waals surface area contributed by atoms with Gasteiger partial charge >= 0.3 is 0 Å². The summed E-state index contributed by atoms with van der Waals surface area (Å²) in [5.41, 5.74) is 0.940. The zero-order valence-corrected chi connectivity index (χ0v) is 9.62. The maximum atomic E-state index is 9.54. The summed E-state index contributed by atoms with van der Waals surface area (Å²) in [4.78, 5) is 8.42. The molecule has 0 aliphatic heterocycles. The molecule has 0 fully saturated rings. The van der Waals surface area contributed by atoms with Crippen LogP contribution in [0.3, 0.4) is 0 Å². The van der Waals surface area contributed by atoms with E-state index in [4.69, 9.17) is 0 Å². The van der Waals surface area contributed by atoms with Crippen molar-refractivity contribution in [1.82, 2.24) is 9.97 Å². The predicted octanol–water partition coefficient (Wildman–Crippen LogP) is 1.67. The van der Waals surface area contributed by atoms with E-state index in [1.54, 1.807) is 0 Å². The van der Waals surface area contributed by atoms with Gasteiger partial charge in [0.05, 0.1) is 6.10 Å². The molecule has 1 unspecified atom stereocenters. The highest BCUT2D eigenvalue weighted by Crippen LogP contribution is 2.06. The lowest BCUT2D eigenvalue weighted by molar-refractivity contribution is 0.176. The van der Waals surface area contributed by atoms with Crippen LogP contribution in [-0.2, 0) is 0 Å². The van der Waals surface area contributed by atoms with Crippen molar-refractivity contribution in [3.8, 4) is 0 Å². The molecule has 0 amide bonds. The molecule has 84 valence electrons. The molecule has 0 aliphatic carbocycles. The summed E-state index contributed by atoms with van der Waals surface area (Å²) in [6.45, 7) is 6.40. The highest BCUT2D eigenvalue weighted by molar-refractivity contribution is 5.35. The topological polar surface area (TPSA) is 58.0 Å². The average Bonchev–Trinajstić information content (AvgIpc) is 2.14. The Balaban J connectivity index is 2.50. The number of anilines is 1. The number of hydrogen-bond donors (Lipinski definition) is 2. The SMILES string of the molecule is CCCC(O)CNc1cc(C)nc(C)n1. The normalized spacial score (nSPS) is 12.5. The molecule has 1 aromatic rings. The minimum Gasteiger partial charge on any atom is -0.391 e. The molecule has 0 aromatic carbocycles. The summed E-state index contributed by atoms with van der Waals surface area (Å²) in [6, 6.07) is 1.88. The van der Waals surface area contributed by atoms with Gasteiger partial charge in [0.1, 0.15) is 11.6 Å². The smallest absolute Gasteiger partial charge is 0.130 e. The van der Waals surface area contributed by atoms with Gasteiger partial charge < -0.3 is 10.4 Å². The fraction of sp³-hybridized carbons (Fsp3) is 0.636. The summed E-state index contributed by atoms with van der Waals surface area (Å²) < 4.78 is 0. The molecule has 1 rings (SSSR count). The Morgan fingerprint density at radius 3 is 2.73 bits per heavy atom. The number of aliphatic hydroxyl groups is 1. The molecule has 4 nitrogen and oxygen atoms in total. The quantitative estimate of drug-likeness (QED) is 0.774. The Bertz CT molecular complexity index is 294. The molecule has 0 spiro atoms. The minimum absolute atomic E-state index is 0.300. The average molecular weight is 209 g/mol. The molecule has 0 aliphatic rings. The highest BCUT2D eigenvalue weighted by Gasteiger charge is 2.03. The Morgan fingerprint density at radius 1 is 1.40 bits per heavy atom. The molecule has 0 bridgehead atoms. The van der Waals surface area contributed by atoms with Crippen molar-refractivity contribution in [2.75, 3.05) is 11.9 Å². The second-order valence-corrected chi connectivity index (χ2v) is 3.77. The number of nitrogens with zero attached hydrogens (tertiary/aromatic N) is 2. The van der Waals surface area contributed by atoms with Gasteiger partial charge in [-0.05, 0) is 20.3 Å². The standard InChI is InChI=1S/C11H19N3O/c1-4-5-10(15)7-12-11-6-8(2)13-9(3)14-11/h6,10,15H,4-5,7H2,1-3H3,(H,12,13,14). The van der Waals surface area contributed by atoms with Crippen LogP contribution in [-0.4, -0.2) is 27.7 Å². The lowest BCUT2D eigenvalue weighted by Crippen LogP contribution is -2.19.